The van der Waals surface area contributed by atoms with E-state index >= 15 is 0 Å². The third-order valence-electron chi connectivity index (χ3n) is 3.04. The topological polar surface area (TPSA) is 53.4 Å². The van der Waals surface area contributed by atoms with E-state index in [1.807, 2.05) is 25.1 Å². The molecule has 1 aromatic heterocycles. The summed E-state index contributed by atoms with van der Waals surface area (Å²) in [5, 5.41) is 21.8. The lowest BCUT2D eigenvalue weighted by Gasteiger charge is -2.03. The van der Waals surface area contributed by atoms with Crippen molar-refractivity contribution in [3.63, 3.8) is 0 Å². The van der Waals surface area contributed by atoms with E-state index in [4.69, 9.17) is 0 Å². The minimum absolute atomic E-state index is 0.0483. The Labute approximate surface area is 114 Å². The van der Waals surface area contributed by atoms with Crippen molar-refractivity contribution in [2.75, 3.05) is 0 Å². The van der Waals surface area contributed by atoms with Crippen molar-refractivity contribution in [1.29, 1.82) is 0 Å². The van der Waals surface area contributed by atoms with Crippen molar-refractivity contribution < 1.29 is 10.2 Å². The number of benzene rings is 2. The molecule has 96 valence electrons. The molecule has 2 N–H and O–H groups in total. The van der Waals surface area contributed by atoms with E-state index < -0.39 is 0 Å². The predicted molar refractivity (Wildman–Crippen MR) is 77.4 cm³/mol. The van der Waals surface area contributed by atoms with Gasteiger partial charge in [0.1, 0.15) is 5.75 Å². The molecule has 19 heavy (non-hydrogen) atoms. The number of phenolic OH excluding ortho intramolecular Hbond substituents is 1. The molecular formula is C15H13NO2S. The zero-order valence-electron chi connectivity index (χ0n) is 10.4. The Morgan fingerprint density at radius 1 is 1.11 bits per heavy atom. The number of fused-ring (bicyclic) bond motifs is 1. The quantitative estimate of drug-likeness (QED) is 0.750. The molecule has 0 bridgehead atoms. The van der Waals surface area contributed by atoms with Gasteiger partial charge in [-0.3, -0.25) is 0 Å². The first-order valence-corrected chi connectivity index (χ1v) is 6.79. The summed E-state index contributed by atoms with van der Waals surface area (Å²) in [4.78, 5) is 5.34. The number of aromatic hydroxyl groups is 1. The van der Waals surface area contributed by atoms with Crippen molar-refractivity contribution in [1.82, 2.24) is 4.98 Å². The van der Waals surface area contributed by atoms with Gasteiger partial charge in [-0.1, -0.05) is 18.2 Å². The number of hydrogen-bond acceptors (Lipinski definition) is 4. The van der Waals surface area contributed by atoms with Gasteiger partial charge in [0.25, 0.3) is 0 Å². The molecular weight excluding hydrogens is 258 g/mol. The van der Waals surface area contributed by atoms with Crippen molar-refractivity contribution in [2.45, 2.75) is 13.5 Å². The summed E-state index contributed by atoms with van der Waals surface area (Å²) < 4.78 is 0. The number of rotatable bonds is 2. The van der Waals surface area contributed by atoms with Crippen LogP contribution in [0.15, 0.2) is 36.4 Å². The SMILES string of the molecule is Cc1nc(CO)c(-c2ccc3cc(O)ccc3c2)s1. The van der Waals surface area contributed by atoms with Crippen LogP contribution < -0.4 is 0 Å². The Morgan fingerprint density at radius 3 is 2.63 bits per heavy atom. The van der Waals surface area contributed by atoms with E-state index in [2.05, 4.69) is 11.1 Å². The Morgan fingerprint density at radius 2 is 1.84 bits per heavy atom. The number of aryl methyl sites for hydroxylation is 1. The molecule has 1 heterocycles. The van der Waals surface area contributed by atoms with Crippen LogP contribution in [0.3, 0.4) is 0 Å². The fourth-order valence-corrected chi connectivity index (χ4v) is 3.10. The van der Waals surface area contributed by atoms with E-state index in [1.54, 1.807) is 23.5 Å². The molecule has 0 saturated carbocycles. The van der Waals surface area contributed by atoms with Crippen LogP contribution in [-0.4, -0.2) is 15.2 Å². The monoisotopic (exact) mass is 271 g/mol. The van der Waals surface area contributed by atoms with Gasteiger partial charge in [-0.2, -0.15) is 0 Å². The first-order chi connectivity index (χ1) is 9.17. The largest absolute Gasteiger partial charge is 0.508 e. The van der Waals surface area contributed by atoms with Gasteiger partial charge in [0.15, 0.2) is 0 Å². The molecule has 0 saturated heterocycles. The molecule has 0 atom stereocenters. The van der Waals surface area contributed by atoms with Gasteiger partial charge in [-0.15, -0.1) is 11.3 Å². The van der Waals surface area contributed by atoms with Gasteiger partial charge in [0.05, 0.1) is 22.2 Å². The zero-order valence-corrected chi connectivity index (χ0v) is 11.2. The standard InChI is InChI=1S/C15H13NO2S/c1-9-16-14(8-17)15(19-9)12-3-2-11-7-13(18)5-4-10(11)6-12/h2-7,17-18H,8H2,1H3. The average Bonchev–Trinajstić information content (AvgIpc) is 2.79. The van der Waals surface area contributed by atoms with Gasteiger partial charge < -0.3 is 10.2 Å². The van der Waals surface area contributed by atoms with Crippen LogP contribution in [-0.2, 0) is 6.61 Å². The number of thiazole rings is 1. The minimum Gasteiger partial charge on any atom is -0.508 e. The number of aliphatic hydroxyl groups excluding tert-OH is 1. The Hall–Kier alpha value is -1.91. The molecule has 0 aliphatic heterocycles. The molecule has 3 nitrogen and oxygen atoms in total. The van der Waals surface area contributed by atoms with Gasteiger partial charge >= 0.3 is 0 Å². The summed E-state index contributed by atoms with van der Waals surface area (Å²) in [7, 11) is 0. The molecule has 0 radical (unpaired) electrons. The smallest absolute Gasteiger partial charge is 0.116 e. The highest BCUT2D eigenvalue weighted by Crippen LogP contribution is 2.33. The molecule has 4 heteroatoms. The van der Waals surface area contributed by atoms with Gasteiger partial charge in [0.2, 0.25) is 0 Å². The van der Waals surface area contributed by atoms with Crippen molar-refractivity contribution in [3.8, 4) is 16.2 Å². The van der Waals surface area contributed by atoms with Crippen LogP contribution in [0.2, 0.25) is 0 Å². The summed E-state index contributed by atoms with van der Waals surface area (Å²) in [5.41, 5.74) is 1.77. The lowest BCUT2D eigenvalue weighted by atomic mass is 10.1. The van der Waals surface area contributed by atoms with Crippen molar-refractivity contribution >= 4 is 22.1 Å². The molecule has 0 spiro atoms. The van der Waals surface area contributed by atoms with Crippen LogP contribution in [0.25, 0.3) is 21.2 Å². The highest BCUT2D eigenvalue weighted by atomic mass is 32.1. The van der Waals surface area contributed by atoms with E-state index in [0.29, 0.717) is 0 Å². The Kier molecular flexibility index (Phi) is 2.97. The van der Waals surface area contributed by atoms with Gasteiger partial charge in [-0.25, -0.2) is 4.98 Å². The fraction of sp³-hybridized carbons (Fsp3) is 0.133. The molecule has 0 amide bonds. The maximum absolute atomic E-state index is 9.46. The third-order valence-corrected chi connectivity index (χ3v) is 4.10. The lowest BCUT2D eigenvalue weighted by Crippen LogP contribution is -1.86. The van der Waals surface area contributed by atoms with Crippen LogP contribution in [0, 0.1) is 6.92 Å². The summed E-state index contributed by atoms with van der Waals surface area (Å²) in [6.07, 6.45) is 0. The highest BCUT2D eigenvalue weighted by molar-refractivity contribution is 7.15. The number of aromatic nitrogens is 1. The maximum atomic E-state index is 9.46. The normalized spacial score (nSPS) is 11.1. The molecule has 0 fully saturated rings. The van der Waals surface area contributed by atoms with Gasteiger partial charge in [0, 0.05) is 0 Å². The number of hydrogen-bond donors (Lipinski definition) is 2. The Bertz CT molecular complexity index is 749. The number of phenols is 1. The van der Waals surface area contributed by atoms with Crippen LogP contribution in [0.4, 0.5) is 0 Å². The average molecular weight is 271 g/mol. The second-order valence-corrected chi connectivity index (χ2v) is 5.62. The highest BCUT2D eigenvalue weighted by Gasteiger charge is 2.10. The molecule has 0 aliphatic carbocycles. The molecule has 0 unspecified atom stereocenters. The van der Waals surface area contributed by atoms with Crippen molar-refractivity contribution in [3.05, 3.63) is 47.1 Å². The van der Waals surface area contributed by atoms with Crippen LogP contribution in [0.1, 0.15) is 10.7 Å². The zero-order chi connectivity index (χ0) is 13.4. The predicted octanol–water partition coefficient (Wildman–Crippen LogP) is 3.47. The first kappa shape index (κ1) is 12.1. The second kappa shape index (κ2) is 4.64. The van der Waals surface area contributed by atoms with E-state index in [-0.39, 0.29) is 12.4 Å². The van der Waals surface area contributed by atoms with E-state index in [9.17, 15) is 10.2 Å². The number of aliphatic hydroxyl groups is 1. The molecule has 0 aliphatic rings. The van der Waals surface area contributed by atoms with Gasteiger partial charge in [-0.05, 0) is 41.5 Å². The summed E-state index contributed by atoms with van der Waals surface area (Å²) >= 11 is 1.58. The van der Waals surface area contributed by atoms with Crippen LogP contribution in [0.5, 0.6) is 5.75 Å². The fourth-order valence-electron chi connectivity index (χ4n) is 2.18. The molecule has 3 aromatic rings. The van der Waals surface area contributed by atoms with Crippen LogP contribution >= 0.6 is 11.3 Å². The Balaban J connectivity index is 2.17. The first-order valence-electron chi connectivity index (χ1n) is 5.97. The van der Waals surface area contributed by atoms with E-state index in [1.165, 1.54) is 0 Å². The summed E-state index contributed by atoms with van der Waals surface area (Å²) in [6, 6.07) is 11.3. The number of nitrogens with zero attached hydrogens (tertiary/aromatic N) is 1. The third kappa shape index (κ3) is 2.20. The summed E-state index contributed by atoms with van der Waals surface area (Å²) in [6.45, 7) is 1.89. The van der Waals surface area contributed by atoms with E-state index in [0.717, 1.165) is 31.9 Å². The summed E-state index contributed by atoms with van der Waals surface area (Å²) in [5.74, 6) is 0.268. The van der Waals surface area contributed by atoms with Crippen molar-refractivity contribution in [2.24, 2.45) is 0 Å². The molecule has 2 aromatic carbocycles. The maximum Gasteiger partial charge on any atom is 0.116 e. The molecule has 3 rings (SSSR count). The second-order valence-electron chi connectivity index (χ2n) is 4.41. The minimum atomic E-state index is -0.0483. The lowest BCUT2D eigenvalue weighted by molar-refractivity contribution is 0.278.